The number of nitrogens with two attached hydrogens (primary N) is 1. The van der Waals surface area contributed by atoms with E-state index in [0.717, 1.165) is 10.2 Å². The van der Waals surface area contributed by atoms with Gasteiger partial charge in [0.05, 0.1) is 23.8 Å². The average molecular weight is 265 g/mol. The van der Waals surface area contributed by atoms with Crippen LogP contribution in [0.3, 0.4) is 0 Å². The Kier molecular flexibility index (Phi) is 2.82. The number of anilines is 3. The fourth-order valence-electron chi connectivity index (χ4n) is 1.09. The molecule has 1 heterocycles. The summed E-state index contributed by atoms with van der Waals surface area (Å²) < 4.78 is 0.963. The fraction of sp³-hybridized carbons (Fsp3) is 0. The molecule has 0 saturated heterocycles. The van der Waals surface area contributed by atoms with Crippen LogP contribution in [0.5, 0.6) is 0 Å². The van der Waals surface area contributed by atoms with Crippen LogP contribution in [0.15, 0.2) is 41.1 Å². The first kappa shape index (κ1) is 9.92. The summed E-state index contributed by atoms with van der Waals surface area (Å²) >= 11 is 3.43. The van der Waals surface area contributed by atoms with Gasteiger partial charge in [-0.25, -0.2) is 9.97 Å². The van der Waals surface area contributed by atoms with Gasteiger partial charge < -0.3 is 11.1 Å². The lowest BCUT2D eigenvalue weighted by atomic mass is 10.3. The molecule has 3 N–H and O–H groups in total. The zero-order valence-electron chi connectivity index (χ0n) is 7.81. The molecule has 0 spiro atoms. The van der Waals surface area contributed by atoms with E-state index in [2.05, 4.69) is 31.2 Å². The predicted octanol–water partition coefficient (Wildman–Crippen LogP) is 2.56. The van der Waals surface area contributed by atoms with Gasteiger partial charge in [-0.3, -0.25) is 0 Å². The molecule has 0 aliphatic carbocycles. The van der Waals surface area contributed by atoms with Crippen LogP contribution in [0.1, 0.15) is 0 Å². The summed E-state index contributed by atoms with van der Waals surface area (Å²) in [6.45, 7) is 0. The molecule has 0 aliphatic rings. The Morgan fingerprint density at radius 2 is 1.80 bits per heavy atom. The van der Waals surface area contributed by atoms with Crippen LogP contribution < -0.4 is 11.1 Å². The zero-order chi connectivity index (χ0) is 10.7. The highest BCUT2D eigenvalue weighted by molar-refractivity contribution is 9.10. The van der Waals surface area contributed by atoms with Crippen molar-refractivity contribution in [3.63, 3.8) is 0 Å². The van der Waals surface area contributed by atoms with Crippen molar-refractivity contribution >= 4 is 33.3 Å². The van der Waals surface area contributed by atoms with Crippen molar-refractivity contribution < 1.29 is 0 Å². The molecule has 0 atom stereocenters. The summed E-state index contributed by atoms with van der Waals surface area (Å²) in [5.41, 5.74) is 6.96. The number of benzene rings is 1. The Bertz CT molecular complexity index is 455. The maximum Gasteiger partial charge on any atom is 0.227 e. The summed E-state index contributed by atoms with van der Waals surface area (Å²) in [7, 11) is 0. The Hall–Kier alpha value is -1.62. The van der Waals surface area contributed by atoms with Crippen LogP contribution in [0.4, 0.5) is 17.3 Å². The number of aromatic nitrogens is 2. The van der Waals surface area contributed by atoms with E-state index < -0.39 is 0 Å². The molecule has 0 amide bonds. The minimum absolute atomic E-state index is 0.524. The maximum absolute atomic E-state index is 5.49. The van der Waals surface area contributed by atoms with Gasteiger partial charge in [0.1, 0.15) is 0 Å². The third-order valence-electron chi connectivity index (χ3n) is 1.79. The van der Waals surface area contributed by atoms with Gasteiger partial charge in [-0.05, 0) is 28.1 Å². The lowest BCUT2D eigenvalue weighted by Gasteiger charge is -2.05. The van der Waals surface area contributed by atoms with Crippen LogP contribution in [-0.4, -0.2) is 9.97 Å². The van der Waals surface area contributed by atoms with Crippen molar-refractivity contribution in [3.05, 3.63) is 41.1 Å². The predicted molar refractivity (Wildman–Crippen MR) is 63.9 cm³/mol. The number of para-hydroxylation sites is 1. The molecular weight excluding hydrogens is 256 g/mol. The highest BCUT2D eigenvalue weighted by atomic mass is 79.9. The second-order valence-electron chi connectivity index (χ2n) is 2.94. The largest absolute Gasteiger partial charge is 0.396 e. The van der Waals surface area contributed by atoms with Gasteiger partial charge in [-0.15, -0.1) is 0 Å². The standard InChI is InChI=1S/C10H9BrN4/c11-8-3-1-2-4-9(8)15-10-13-5-7(12)6-14-10/h1-6H,12H2,(H,13,14,15). The van der Waals surface area contributed by atoms with Crippen LogP contribution >= 0.6 is 15.9 Å². The number of hydrogen-bond acceptors (Lipinski definition) is 4. The van der Waals surface area contributed by atoms with Gasteiger partial charge in [-0.2, -0.15) is 0 Å². The lowest BCUT2D eigenvalue weighted by molar-refractivity contribution is 1.17. The van der Waals surface area contributed by atoms with Gasteiger partial charge in [0.15, 0.2) is 0 Å². The van der Waals surface area contributed by atoms with Crippen molar-refractivity contribution in [2.45, 2.75) is 0 Å². The van der Waals surface area contributed by atoms with Crippen molar-refractivity contribution in [1.82, 2.24) is 9.97 Å². The van der Waals surface area contributed by atoms with Crippen molar-refractivity contribution in [3.8, 4) is 0 Å². The van der Waals surface area contributed by atoms with Crippen LogP contribution in [0.2, 0.25) is 0 Å². The Morgan fingerprint density at radius 1 is 1.13 bits per heavy atom. The molecule has 1 aromatic carbocycles. The maximum atomic E-state index is 5.49. The van der Waals surface area contributed by atoms with Crippen molar-refractivity contribution in [1.29, 1.82) is 0 Å². The van der Waals surface area contributed by atoms with E-state index in [9.17, 15) is 0 Å². The highest BCUT2D eigenvalue weighted by Crippen LogP contribution is 2.23. The molecule has 0 unspecified atom stereocenters. The van der Waals surface area contributed by atoms with Crippen LogP contribution in [0.25, 0.3) is 0 Å². The summed E-state index contributed by atoms with van der Waals surface area (Å²) in [6.07, 6.45) is 3.12. The first-order valence-corrected chi connectivity index (χ1v) is 5.14. The average Bonchev–Trinajstić information content (AvgIpc) is 2.25. The fourth-order valence-corrected chi connectivity index (χ4v) is 1.47. The molecule has 0 fully saturated rings. The molecule has 1 aromatic heterocycles. The van der Waals surface area contributed by atoms with Crippen molar-refractivity contribution in [2.24, 2.45) is 0 Å². The molecule has 0 radical (unpaired) electrons. The number of nitrogens with zero attached hydrogens (tertiary/aromatic N) is 2. The number of rotatable bonds is 2. The van der Waals surface area contributed by atoms with Gasteiger partial charge >= 0.3 is 0 Å². The van der Waals surface area contributed by atoms with Gasteiger partial charge in [0.2, 0.25) is 5.95 Å². The lowest BCUT2D eigenvalue weighted by Crippen LogP contribution is -1.98. The molecule has 5 heteroatoms. The topological polar surface area (TPSA) is 63.8 Å². The second kappa shape index (κ2) is 4.27. The number of nitrogens with one attached hydrogen (secondary N) is 1. The van der Waals surface area contributed by atoms with E-state index >= 15 is 0 Å². The van der Waals surface area contributed by atoms with Gasteiger partial charge in [0.25, 0.3) is 0 Å². The smallest absolute Gasteiger partial charge is 0.227 e. The summed E-state index contributed by atoms with van der Waals surface area (Å²) in [6, 6.07) is 7.76. The summed E-state index contributed by atoms with van der Waals surface area (Å²) in [5.74, 6) is 0.524. The number of halogens is 1. The van der Waals surface area contributed by atoms with E-state index in [1.165, 1.54) is 0 Å². The van der Waals surface area contributed by atoms with E-state index in [0.29, 0.717) is 11.6 Å². The normalized spacial score (nSPS) is 9.93. The quantitative estimate of drug-likeness (QED) is 0.875. The third-order valence-corrected chi connectivity index (χ3v) is 2.48. The van der Waals surface area contributed by atoms with Crippen molar-refractivity contribution in [2.75, 3.05) is 11.1 Å². The number of nitrogen functional groups attached to an aromatic ring is 1. The van der Waals surface area contributed by atoms with Gasteiger partial charge in [-0.1, -0.05) is 12.1 Å². The zero-order valence-corrected chi connectivity index (χ0v) is 9.40. The van der Waals surface area contributed by atoms with E-state index in [-0.39, 0.29) is 0 Å². The first-order chi connectivity index (χ1) is 7.25. The van der Waals surface area contributed by atoms with Gasteiger partial charge in [0, 0.05) is 4.47 Å². The van der Waals surface area contributed by atoms with E-state index in [1.54, 1.807) is 12.4 Å². The molecule has 0 aliphatic heterocycles. The van der Waals surface area contributed by atoms with E-state index in [1.807, 2.05) is 24.3 Å². The molecule has 0 saturated carbocycles. The number of hydrogen-bond donors (Lipinski definition) is 2. The minimum Gasteiger partial charge on any atom is -0.396 e. The van der Waals surface area contributed by atoms with E-state index in [4.69, 9.17) is 5.73 Å². The highest BCUT2D eigenvalue weighted by Gasteiger charge is 2.00. The Balaban J connectivity index is 2.22. The Labute approximate surface area is 95.7 Å². The SMILES string of the molecule is Nc1cnc(Nc2ccccc2Br)nc1. The van der Waals surface area contributed by atoms with Crippen LogP contribution in [-0.2, 0) is 0 Å². The molecule has 2 rings (SSSR count). The summed E-state index contributed by atoms with van der Waals surface area (Å²) in [4.78, 5) is 8.09. The molecule has 76 valence electrons. The molecule has 15 heavy (non-hydrogen) atoms. The van der Waals surface area contributed by atoms with Crippen LogP contribution in [0, 0.1) is 0 Å². The molecule has 0 bridgehead atoms. The minimum atomic E-state index is 0.524. The Morgan fingerprint density at radius 3 is 2.47 bits per heavy atom. The first-order valence-electron chi connectivity index (χ1n) is 4.35. The molecular formula is C10H9BrN4. The third kappa shape index (κ3) is 2.44. The second-order valence-corrected chi connectivity index (χ2v) is 3.80. The summed E-state index contributed by atoms with van der Waals surface area (Å²) in [5, 5.41) is 3.07. The monoisotopic (exact) mass is 264 g/mol. The molecule has 4 nitrogen and oxygen atoms in total. The molecule has 2 aromatic rings.